The zero-order valence-electron chi connectivity index (χ0n) is 11.6. The van der Waals surface area contributed by atoms with Crippen molar-refractivity contribution < 1.29 is 19.8 Å². The number of rotatable bonds is 7. The number of nitrogens with zero attached hydrogens (tertiary/aromatic N) is 1. The molecule has 20 heavy (non-hydrogen) atoms. The molecule has 112 valence electrons. The Morgan fingerprint density at radius 2 is 2.15 bits per heavy atom. The number of carbonyl (C=O) groups is 2. The molecule has 0 aliphatic carbocycles. The highest BCUT2D eigenvalue weighted by Gasteiger charge is 2.26. The highest BCUT2D eigenvalue weighted by atomic mass is 32.1. The van der Waals surface area contributed by atoms with Crippen LogP contribution < -0.4 is 5.32 Å². The minimum absolute atomic E-state index is 0.0101. The minimum atomic E-state index is -1.09. The molecular weight excluding hydrogens is 280 g/mol. The van der Waals surface area contributed by atoms with Crippen LogP contribution in [0.3, 0.4) is 0 Å². The Bertz CT molecular complexity index is 434. The second-order valence-corrected chi connectivity index (χ2v) is 5.58. The number of hydrogen-bond acceptors (Lipinski definition) is 4. The predicted octanol–water partition coefficient (Wildman–Crippen LogP) is 1.68. The monoisotopic (exact) mass is 300 g/mol. The summed E-state index contributed by atoms with van der Waals surface area (Å²) in [6, 6.07) is 1.87. The number of aliphatic hydroxyl groups is 1. The van der Waals surface area contributed by atoms with Crippen LogP contribution in [0.5, 0.6) is 0 Å². The van der Waals surface area contributed by atoms with Gasteiger partial charge in [0.2, 0.25) is 0 Å². The average molecular weight is 300 g/mol. The van der Waals surface area contributed by atoms with Gasteiger partial charge in [-0.05, 0) is 31.7 Å². The first-order valence-corrected chi connectivity index (χ1v) is 7.29. The molecule has 7 heteroatoms. The average Bonchev–Trinajstić information content (AvgIpc) is 2.89. The largest absolute Gasteiger partial charge is 0.479 e. The third kappa shape index (κ3) is 4.50. The molecule has 1 rings (SSSR count). The molecule has 3 N–H and O–H groups in total. The van der Waals surface area contributed by atoms with Crippen molar-refractivity contribution in [1.29, 1.82) is 0 Å². The van der Waals surface area contributed by atoms with Crippen LogP contribution >= 0.6 is 11.3 Å². The zero-order valence-corrected chi connectivity index (χ0v) is 12.4. The van der Waals surface area contributed by atoms with E-state index in [1.807, 2.05) is 13.8 Å². The van der Waals surface area contributed by atoms with Gasteiger partial charge in [0.15, 0.2) is 6.04 Å². The molecule has 0 aliphatic heterocycles. The fourth-order valence-electron chi connectivity index (χ4n) is 1.75. The maximum absolute atomic E-state index is 12.2. The highest BCUT2D eigenvalue weighted by molar-refractivity contribution is 7.10. The van der Waals surface area contributed by atoms with Crippen molar-refractivity contribution in [3.63, 3.8) is 0 Å². The predicted molar refractivity (Wildman–Crippen MR) is 76.8 cm³/mol. The molecule has 1 unspecified atom stereocenters. The van der Waals surface area contributed by atoms with Crippen molar-refractivity contribution in [2.24, 2.45) is 0 Å². The number of thiophene rings is 1. The lowest BCUT2D eigenvalue weighted by Crippen LogP contribution is -2.47. The number of amides is 2. The van der Waals surface area contributed by atoms with Gasteiger partial charge in [-0.1, -0.05) is 6.07 Å². The van der Waals surface area contributed by atoms with Gasteiger partial charge < -0.3 is 20.4 Å². The minimum Gasteiger partial charge on any atom is -0.479 e. The first-order chi connectivity index (χ1) is 9.47. The van der Waals surface area contributed by atoms with Gasteiger partial charge in [0.25, 0.3) is 0 Å². The summed E-state index contributed by atoms with van der Waals surface area (Å²) < 4.78 is 0. The molecule has 1 aromatic rings. The summed E-state index contributed by atoms with van der Waals surface area (Å²) >= 11 is 1.29. The number of carboxylic acid groups (broad SMARTS) is 1. The van der Waals surface area contributed by atoms with Crippen molar-refractivity contribution in [3.8, 4) is 0 Å². The number of carboxylic acids is 1. The van der Waals surface area contributed by atoms with E-state index in [-0.39, 0.29) is 12.6 Å². The van der Waals surface area contributed by atoms with E-state index in [4.69, 9.17) is 5.11 Å². The van der Waals surface area contributed by atoms with Crippen molar-refractivity contribution >= 4 is 23.3 Å². The van der Waals surface area contributed by atoms with Crippen LogP contribution in [0.1, 0.15) is 31.2 Å². The molecule has 0 saturated carbocycles. The summed E-state index contributed by atoms with van der Waals surface area (Å²) in [5.74, 6) is -1.09. The maximum atomic E-state index is 12.2. The molecule has 0 spiro atoms. The third-order valence-corrected chi connectivity index (χ3v) is 3.72. The molecule has 1 heterocycles. The maximum Gasteiger partial charge on any atom is 0.331 e. The van der Waals surface area contributed by atoms with E-state index < -0.39 is 18.0 Å². The summed E-state index contributed by atoms with van der Waals surface area (Å²) in [7, 11) is 0. The Labute approximate surface area is 122 Å². The molecule has 1 aromatic heterocycles. The van der Waals surface area contributed by atoms with Crippen LogP contribution in [0.15, 0.2) is 17.5 Å². The number of aliphatic hydroxyl groups excluding tert-OH is 1. The molecular formula is C13H20N2O4S. The summed E-state index contributed by atoms with van der Waals surface area (Å²) in [6.45, 7) is 4.07. The van der Waals surface area contributed by atoms with E-state index in [2.05, 4.69) is 5.32 Å². The zero-order chi connectivity index (χ0) is 15.1. The molecule has 1 atom stereocenters. The topological polar surface area (TPSA) is 89.9 Å². The van der Waals surface area contributed by atoms with E-state index in [0.29, 0.717) is 17.8 Å². The molecule has 0 bridgehead atoms. The Balaban J connectivity index is 2.76. The fraction of sp³-hybridized carbons (Fsp3) is 0.538. The Hall–Kier alpha value is -1.60. The Morgan fingerprint density at radius 3 is 2.60 bits per heavy atom. The number of hydrogen-bond donors (Lipinski definition) is 3. The van der Waals surface area contributed by atoms with Crippen LogP contribution in [-0.4, -0.2) is 46.3 Å². The molecule has 6 nitrogen and oxygen atoms in total. The molecule has 0 aliphatic rings. The molecule has 0 radical (unpaired) electrons. The standard InChI is InChI=1S/C13H20N2O4S/c1-9(2)15(6-4-7-16)13(19)14-11(12(17)18)10-5-3-8-20-10/h3,5,8-9,11,16H,4,6-7H2,1-2H3,(H,14,19)(H,17,18). The van der Waals surface area contributed by atoms with Crippen molar-refractivity contribution in [2.45, 2.75) is 32.4 Å². The fourth-order valence-corrected chi connectivity index (χ4v) is 2.52. The highest BCUT2D eigenvalue weighted by Crippen LogP contribution is 2.19. The van der Waals surface area contributed by atoms with Gasteiger partial charge in [0.1, 0.15) is 0 Å². The van der Waals surface area contributed by atoms with Crippen LogP contribution in [0.25, 0.3) is 0 Å². The van der Waals surface area contributed by atoms with Gasteiger partial charge in [0, 0.05) is 24.1 Å². The van der Waals surface area contributed by atoms with Gasteiger partial charge in [-0.15, -0.1) is 11.3 Å². The summed E-state index contributed by atoms with van der Waals surface area (Å²) in [6.07, 6.45) is 0.461. The van der Waals surface area contributed by atoms with Crippen LogP contribution in [0.2, 0.25) is 0 Å². The second kappa shape index (κ2) is 7.86. The number of aliphatic carboxylic acids is 1. The van der Waals surface area contributed by atoms with Crippen LogP contribution in [-0.2, 0) is 4.79 Å². The van der Waals surface area contributed by atoms with Crippen LogP contribution in [0, 0.1) is 0 Å². The Morgan fingerprint density at radius 1 is 1.45 bits per heavy atom. The third-order valence-electron chi connectivity index (χ3n) is 2.78. The van der Waals surface area contributed by atoms with Gasteiger partial charge in [-0.3, -0.25) is 0 Å². The van der Waals surface area contributed by atoms with Crippen molar-refractivity contribution in [1.82, 2.24) is 10.2 Å². The molecule has 0 aromatic carbocycles. The van der Waals surface area contributed by atoms with Gasteiger partial charge in [0.05, 0.1) is 0 Å². The number of carbonyl (C=O) groups excluding carboxylic acids is 1. The van der Waals surface area contributed by atoms with Crippen LogP contribution in [0.4, 0.5) is 4.79 Å². The van der Waals surface area contributed by atoms with E-state index in [9.17, 15) is 14.7 Å². The first-order valence-electron chi connectivity index (χ1n) is 6.41. The second-order valence-electron chi connectivity index (χ2n) is 4.60. The molecule has 0 fully saturated rings. The van der Waals surface area contributed by atoms with Crippen molar-refractivity contribution in [2.75, 3.05) is 13.2 Å². The number of nitrogens with one attached hydrogen (secondary N) is 1. The Kier molecular flexibility index (Phi) is 6.47. The lowest BCUT2D eigenvalue weighted by atomic mass is 10.2. The first kappa shape index (κ1) is 16.5. The van der Waals surface area contributed by atoms with E-state index in [1.165, 1.54) is 16.2 Å². The smallest absolute Gasteiger partial charge is 0.331 e. The van der Waals surface area contributed by atoms with E-state index >= 15 is 0 Å². The van der Waals surface area contributed by atoms with E-state index in [0.717, 1.165) is 0 Å². The summed E-state index contributed by atoms with van der Waals surface area (Å²) in [5, 5.41) is 22.4. The lowest BCUT2D eigenvalue weighted by molar-refractivity contribution is -0.139. The van der Waals surface area contributed by atoms with Crippen molar-refractivity contribution in [3.05, 3.63) is 22.4 Å². The normalized spacial score (nSPS) is 12.2. The van der Waals surface area contributed by atoms with E-state index in [1.54, 1.807) is 17.5 Å². The van der Waals surface area contributed by atoms with Gasteiger partial charge >= 0.3 is 12.0 Å². The van der Waals surface area contributed by atoms with Gasteiger partial charge in [-0.2, -0.15) is 0 Å². The SMILES string of the molecule is CC(C)N(CCCO)C(=O)NC(C(=O)O)c1cccs1. The lowest BCUT2D eigenvalue weighted by Gasteiger charge is -2.28. The summed E-state index contributed by atoms with van der Waals surface area (Å²) in [5.41, 5.74) is 0. The molecule has 0 saturated heterocycles. The quantitative estimate of drug-likeness (QED) is 0.714. The van der Waals surface area contributed by atoms with Gasteiger partial charge in [-0.25, -0.2) is 9.59 Å². The molecule has 2 amide bonds. The number of urea groups is 1. The summed E-state index contributed by atoms with van der Waals surface area (Å²) in [4.78, 5) is 25.5.